The van der Waals surface area contributed by atoms with Crippen LogP contribution in [-0.2, 0) is 24.0 Å². The fourth-order valence-corrected chi connectivity index (χ4v) is 3.56. The lowest BCUT2D eigenvalue weighted by Crippen LogP contribution is -2.33. The number of aromatic nitrogens is 1. The Bertz CT molecular complexity index is 1020. The van der Waals surface area contributed by atoms with E-state index in [2.05, 4.69) is 0 Å². The largest absolute Gasteiger partial charge is 0.489 e. The number of pyridine rings is 1. The lowest BCUT2D eigenvalue weighted by molar-refractivity contribution is -0.0680. The van der Waals surface area contributed by atoms with Crippen LogP contribution in [-0.4, -0.2) is 22.9 Å². The third-order valence-corrected chi connectivity index (χ3v) is 5.29. The molecule has 2 aromatic carbocycles. The highest BCUT2D eigenvalue weighted by atomic mass is 16.5. The van der Waals surface area contributed by atoms with Crippen molar-refractivity contribution in [1.82, 2.24) is 4.57 Å². The molecule has 0 amide bonds. The van der Waals surface area contributed by atoms with Gasteiger partial charge in [0.05, 0.1) is 11.1 Å². The molecule has 0 bridgehead atoms. The molecule has 2 heterocycles. The van der Waals surface area contributed by atoms with Gasteiger partial charge in [0, 0.05) is 39.2 Å². The van der Waals surface area contributed by atoms with E-state index in [9.17, 15) is 9.90 Å². The minimum absolute atomic E-state index is 0.0191. The number of ether oxygens (including phenoxy) is 2. The fourth-order valence-electron chi connectivity index (χ4n) is 3.56. The Morgan fingerprint density at radius 1 is 1.11 bits per heavy atom. The van der Waals surface area contributed by atoms with Crippen molar-refractivity contribution < 1.29 is 14.6 Å². The van der Waals surface area contributed by atoms with Crippen molar-refractivity contribution in [1.29, 1.82) is 0 Å². The van der Waals surface area contributed by atoms with Gasteiger partial charge < -0.3 is 19.1 Å². The first-order chi connectivity index (χ1) is 13.0. The van der Waals surface area contributed by atoms with E-state index in [1.165, 1.54) is 0 Å². The first-order valence-electron chi connectivity index (χ1n) is 9.17. The van der Waals surface area contributed by atoms with Gasteiger partial charge in [0.1, 0.15) is 12.4 Å². The van der Waals surface area contributed by atoms with E-state index in [4.69, 9.17) is 9.47 Å². The highest BCUT2D eigenvalue weighted by molar-refractivity contribution is 5.79. The molecule has 0 atom stereocenters. The molecular formula is C22H23NO4. The van der Waals surface area contributed by atoms with E-state index < -0.39 is 5.60 Å². The summed E-state index contributed by atoms with van der Waals surface area (Å²) in [4.78, 5) is 11.7. The Hall–Kier alpha value is -2.63. The topological polar surface area (TPSA) is 60.7 Å². The molecule has 0 spiro atoms. The molecule has 5 nitrogen and oxygen atoms in total. The predicted molar refractivity (Wildman–Crippen MR) is 104 cm³/mol. The zero-order valence-electron chi connectivity index (χ0n) is 15.4. The molecule has 1 aliphatic heterocycles. The Labute approximate surface area is 157 Å². The van der Waals surface area contributed by atoms with Crippen molar-refractivity contribution in [3.8, 4) is 5.75 Å². The maximum atomic E-state index is 11.7. The summed E-state index contributed by atoms with van der Waals surface area (Å²) in [5.74, 6) is 0.730. The van der Waals surface area contributed by atoms with Gasteiger partial charge in [-0.1, -0.05) is 18.2 Å². The smallest absolute Gasteiger partial charge is 0.250 e. The standard InChI is InChI=1S/C22H23NO4/c1-23-20-7-5-16(13-17(20)6-8-21(23)24)15-27-19-4-2-3-18(14-19)22(25)9-11-26-12-10-22/h2-8,13-14,25H,9-12,15H2,1H3. The van der Waals surface area contributed by atoms with Crippen LogP contribution in [0, 0.1) is 0 Å². The van der Waals surface area contributed by atoms with Crippen molar-refractivity contribution >= 4 is 10.9 Å². The third-order valence-electron chi connectivity index (χ3n) is 5.29. The number of nitrogens with zero attached hydrogens (tertiary/aromatic N) is 1. The zero-order valence-corrected chi connectivity index (χ0v) is 15.4. The number of aliphatic hydroxyl groups is 1. The molecule has 1 saturated heterocycles. The first-order valence-corrected chi connectivity index (χ1v) is 9.17. The van der Waals surface area contributed by atoms with Crippen LogP contribution in [0.2, 0.25) is 0 Å². The van der Waals surface area contributed by atoms with Crippen molar-refractivity contribution in [2.45, 2.75) is 25.0 Å². The normalized spacial score (nSPS) is 16.4. The van der Waals surface area contributed by atoms with Gasteiger partial charge >= 0.3 is 0 Å². The Balaban J connectivity index is 1.52. The second kappa shape index (κ2) is 7.18. The van der Waals surface area contributed by atoms with Crippen LogP contribution in [0.3, 0.4) is 0 Å². The van der Waals surface area contributed by atoms with Crippen molar-refractivity contribution in [2.24, 2.45) is 7.05 Å². The van der Waals surface area contributed by atoms with Crippen molar-refractivity contribution in [2.75, 3.05) is 13.2 Å². The lowest BCUT2D eigenvalue weighted by atomic mass is 9.86. The maximum absolute atomic E-state index is 11.7. The van der Waals surface area contributed by atoms with Crippen LogP contribution in [0.1, 0.15) is 24.0 Å². The highest BCUT2D eigenvalue weighted by Crippen LogP contribution is 2.33. The number of benzene rings is 2. The van der Waals surface area contributed by atoms with E-state index in [1.54, 1.807) is 17.7 Å². The van der Waals surface area contributed by atoms with E-state index in [1.807, 2.05) is 48.5 Å². The third kappa shape index (κ3) is 3.61. The summed E-state index contributed by atoms with van der Waals surface area (Å²) in [5.41, 5.74) is 1.93. The molecule has 1 aromatic heterocycles. The summed E-state index contributed by atoms with van der Waals surface area (Å²) >= 11 is 0. The number of hydrogen-bond acceptors (Lipinski definition) is 4. The van der Waals surface area contributed by atoms with Gasteiger partial charge in [-0.15, -0.1) is 0 Å². The fraction of sp³-hybridized carbons (Fsp3) is 0.318. The molecule has 140 valence electrons. The highest BCUT2D eigenvalue weighted by Gasteiger charge is 2.31. The summed E-state index contributed by atoms with van der Waals surface area (Å²) in [6.07, 6.45) is 1.19. The summed E-state index contributed by atoms with van der Waals surface area (Å²) in [7, 11) is 1.77. The van der Waals surface area contributed by atoms with Gasteiger partial charge in [0.25, 0.3) is 5.56 Å². The molecule has 0 radical (unpaired) electrons. The second-order valence-electron chi connectivity index (χ2n) is 7.08. The average Bonchev–Trinajstić information content (AvgIpc) is 2.70. The lowest BCUT2D eigenvalue weighted by Gasteiger charge is -2.32. The van der Waals surface area contributed by atoms with E-state index in [0.717, 1.165) is 27.8 Å². The quantitative estimate of drug-likeness (QED) is 0.772. The molecule has 1 N–H and O–H groups in total. The van der Waals surface area contributed by atoms with E-state index in [-0.39, 0.29) is 5.56 Å². The minimum Gasteiger partial charge on any atom is -0.489 e. The van der Waals surface area contributed by atoms with Crippen LogP contribution in [0.5, 0.6) is 5.75 Å². The first kappa shape index (κ1) is 17.8. The zero-order chi connectivity index (χ0) is 18.9. The minimum atomic E-state index is -0.842. The number of hydrogen-bond donors (Lipinski definition) is 1. The van der Waals surface area contributed by atoms with Gasteiger partial charge in [-0.2, -0.15) is 0 Å². The summed E-state index contributed by atoms with van der Waals surface area (Å²) in [6.45, 7) is 1.56. The number of rotatable bonds is 4. The van der Waals surface area contributed by atoms with Crippen molar-refractivity contribution in [3.63, 3.8) is 0 Å². The number of fused-ring (bicyclic) bond motifs is 1. The van der Waals surface area contributed by atoms with Crippen LogP contribution in [0.4, 0.5) is 0 Å². The number of aryl methyl sites for hydroxylation is 1. The van der Waals surface area contributed by atoms with E-state index >= 15 is 0 Å². The predicted octanol–water partition coefficient (Wildman–Crippen LogP) is 3.12. The second-order valence-corrected chi connectivity index (χ2v) is 7.08. The molecule has 1 aliphatic rings. The van der Waals surface area contributed by atoms with E-state index in [0.29, 0.717) is 32.7 Å². The summed E-state index contributed by atoms with van der Waals surface area (Å²) < 4.78 is 13.0. The summed E-state index contributed by atoms with van der Waals surface area (Å²) in [5, 5.41) is 11.9. The molecule has 4 rings (SSSR count). The molecule has 3 aromatic rings. The monoisotopic (exact) mass is 365 g/mol. The maximum Gasteiger partial charge on any atom is 0.250 e. The molecule has 0 unspecified atom stereocenters. The Morgan fingerprint density at radius 3 is 2.74 bits per heavy atom. The van der Waals surface area contributed by atoms with Crippen LogP contribution < -0.4 is 10.3 Å². The van der Waals surface area contributed by atoms with Gasteiger partial charge in [-0.3, -0.25) is 4.79 Å². The molecule has 5 heteroatoms. The molecular weight excluding hydrogens is 342 g/mol. The SMILES string of the molecule is Cn1c(=O)ccc2cc(COc3cccc(C4(O)CCOCC4)c3)ccc21. The molecule has 0 aliphatic carbocycles. The van der Waals surface area contributed by atoms with Crippen LogP contribution >= 0.6 is 0 Å². The van der Waals surface area contributed by atoms with Crippen LogP contribution in [0.15, 0.2) is 59.4 Å². The summed E-state index contributed by atoms with van der Waals surface area (Å²) in [6, 6.07) is 17.0. The molecule has 1 fully saturated rings. The molecule has 0 saturated carbocycles. The van der Waals surface area contributed by atoms with Gasteiger partial charge in [0.15, 0.2) is 0 Å². The Morgan fingerprint density at radius 2 is 1.93 bits per heavy atom. The van der Waals surface area contributed by atoms with Gasteiger partial charge in [0.2, 0.25) is 0 Å². The van der Waals surface area contributed by atoms with Gasteiger partial charge in [-0.05, 0) is 46.8 Å². The molecule has 27 heavy (non-hydrogen) atoms. The Kier molecular flexibility index (Phi) is 4.72. The van der Waals surface area contributed by atoms with Crippen LogP contribution in [0.25, 0.3) is 10.9 Å². The van der Waals surface area contributed by atoms with Gasteiger partial charge in [-0.25, -0.2) is 0 Å². The average molecular weight is 365 g/mol. The van der Waals surface area contributed by atoms with Crippen molar-refractivity contribution in [3.05, 3.63) is 76.1 Å².